The Morgan fingerprint density at radius 2 is 1.70 bits per heavy atom. The summed E-state index contributed by atoms with van der Waals surface area (Å²) in [6.07, 6.45) is 3.96. The molecule has 0 spiro atoms. The maximum Gasteiger partial charge on any atom is 0.192 e. The van der Waals surface area contributed by atoms with E-state index in [0.29, 0.717) is 6.61 Å². The Morgan fingerprint density at radius 1 is 1.11 bits per heavy atom. The van der Waals surface area contributed by atoms with Crippen LogP contribution < -0.4 is 4.74 Å². The molecule has 0 N–H and O–H groups in total. The summed E-state index contributed by atoms with van der Waals surface area (Å²) in [5.41, 5.74) is 1.25. The molecule has 5 heteroatoms. The van der Waals surface area contributed by atoms with Gasteiger partial charge in [-0.15, -0.1) is 0 Å². The first-order chi connectivity index (χ1) is 12.5. The van der Waals surface area contributed by atoms with E-state index < -0.39 is 8.32 Å². The maximum atomic E-state index is 6.90. The number of halogens is 1. The predicted octanol–water partition coefficient (Wildman–Crippen LogP) is 6.60. The van der Waals surface area contributed by atoms with Gasteiger partial charge in [-0.05, 0) is 55.1 Å². The number of methoxy groups -OCH3 is 1. The fourth-order valence-electron chi connectivity index (χ4n) is 3.45. The van der Waals surface area contributed by atoms with Crippen molar-refractivity contribution in [3.63, 3.8) is 0 Å². The van der Waals surface area contributed by atoms with Gasteiger partial charge in [0.1, 0.15) is 5.75 Å². The summed E-state index contributed by atoms with van der Waals surface area (Å²) < 4.78 is 19.7. The molecule has 0 aromatic heterocycles. The molecular formula is C22H37IO3Si. The summed E-state index contributed by atoms with van der Waals surface area (Å²) in [7, 11) is -0.101. The first-order valence-electron chi connectivity index (χ1n) is 10.0. The van der Waals surface area contributed by atoms with Crippen LogP contribution in [0.25, 0.3) is 0 Å². The van der Waals surface area contributed by atoms with E-state index in [-0.39, 0.29) is 22.7 Å². The highest BCUT2D eigenvalue weighted by Crippen LogP contribution is 2.46. The molecule has 27 heavy (non-hydrogen) atoms. The van der Waals surface area contributed by atoms with Crippen LogP contribution in [0.15, 0.2) is 24.3 Å². The molecule has 0 saturated heterocycles. The van der Waals surface area contributed by atoms with Gasteiger partial charge in [-0.1, -0.05) is 62.4 Å². The normalized spacial score (nSPS) is 26.8. The van der Waals surface area contributed by atoms with E-state index >= 15 is 0 Å². The fraction of sp³-hybridized carbons (Fsp3) is 0.727. The number of alkyl halides is 1. The minimum Gasteiger partial charge on any atom is -0.497 e. The van der Waals surface area contributed by atoms with E-state index in [1.54, 1.807) is 7.11 Å². The molecule has 0 bridgehead atoms. The summed E-state index contributed by atoms with van der Waals surface area (Å²) in [5, 5.41) is 0.232. The van der Waals surface area contributed by atoms with Crippen molar-refractivity contribution >= 4 is 30.9 Å². The van der Waals surface area contributed by atoms with Gasteiger partial charge in [0.05, 0.1) is 25.9 Å². The number of ether oxygens (including phenoxy) is 2. The Kier molecular flexibility index (Phi) is 7.84. The molecule has 2 rings (SSSR count). The van der Waals surface area contributed by atoms with Crippen molar-refractivity contribution in [3.05, 3.63) is 29.8 Å². The highest BCUT2D eigenvalue weighted by atomic mass is 127. The number of rotatable bonds is 7. The molecule has 0 radical (unpaired) electrons. The molecule has 1 aromatic rings. The van der Waals surface area contributed by atoms with Crippen LogP contribution in [0.4, 0.5) is 0 Å². The van der Waals surface area contributed by atoms with Crippen LogP contribution in [0.2, 0.25) is 18.1 Å². The van der Waals surface area contributed by atoms with Crippen molar-refractivity contribution in [1.29, 1.82) is 0 Å². The monoisotopic (exact) mass is 504 g/mol. The first kappa shape index (κ1) is 23.2. The van der Waals surface area contributed by atoms with Gasteiger partial charge in [0.15, 0.2) is 8.32 Å². The Hall–Kier alpha value is -0.113. The zero-order valence-corrected chi connectivity index (χ0v) is 21.3. The lowest BCUT2D eigenvalue weighted by molar-refractivity contribution is -0.109. The van der Waals surface area contributed by atoms with Crippen molar-refractivity contribution in [3.8, 4) is 5.75 Å². The second kappa shape index (κ2) is 9.14. The van der Waals surface area contributed by atoms with E-state index in [0.717, 1.165) is 23.0 Å². The summed E-state index contributed by atoms with van der Waals surface area (Å²) in [6.45, 7) is 14.7. The zero-order chi connectivity index (χ0) is 20.3. The van der Waals surface area contributed by atoms with Crippen LogP contribution in [0, 0.1) is 5.41 Å². The highest BCUT2D eigenvalue weighted by Gasteiger charge is 2.49. The standard InChI is InChI=1S/C22H37IO3Si/c1-21(2,3)27(6,7)26-20-10-8-9-19(22(20,4)16-23)25-15-17-11-13-18(24-5)14-12-17/h11-14,19-20H,8-10,15-16H2,1-7H3/t19-,20-,22-/m0/s1. The molecule has 1 saturated carbocycles. The van der Waals surface area contributed by atoms with Gasteiger partial charge in [0, 0.05) is 9.84 Å². The largest absolute Gasteiger partial charge is 0.497 e. The number of benzene rings is 1. The molecule has 1 aromatic carbocycles. The third-order valence-electron chi connectivity index (χ3n) is 6.54. The second-order valence-electron chi connectivity index (χ2n) is 9.58. The van der Waals surface area contributed by atoms with Crippen molar-refractivity contribution < 1.29 is 13.9 Å². The van der Waals surface area contributed by atoms with Gasteiger partial charge in [0.2, 0.25) is 0 Å². The molecule has 0 unspecified atom stereocenters. The smallest absolute Gasteiger partial charge is 0.192 e. The van der Waals surface area contributed by atoms with Crippen molar-refractivity contribution in [1.82, 2.24) is 0 Å². The Bertz CT molecular complexity index is 597. The quantitative estimate of drug-likeness (QED) is 0.238. The van der Waals surface area contributed by atoms with Crippen LogP contribution in [0.1, 0.15) is 52.5 Å². The molecule has 1 aliphatic carbocycles. The molecule has 0 amide bonds. The van der Waals surface area contributed by atoms with Crippen molar-refractivity contribution in [2.24, 2.45) is 5.41 Å². The minimum absolute atomic E-state index is 0.0563. The van der Waals surface area contributed by atoms with Gasteiger partial charge >= 0.3 is 0 Å². The Labute approximate surface area is 180 Å². The molecular weight excluding hydrogens is 467 g/mol. The fourth-order valence-corrected chi connectivity index (χ4v) is 5.88. The van der Waals surface area contributed by atoms with Crippen LogP contribution in [-0.4, -0.2) is 32.1 Å². The highest BCUT2D eigenvalue weighted by molar-refractivity contribution is 14.1. The summed E-state index contributed by atoms with van der Waals surface area (Å²) in [6, 6.07) is 8.18. The molecule has 0 aliphatic heterocycles. The van der Waals surface area contributed by atoms with Crippen molar-refractivity contribution in [2.75, 3.05) is 11.5 Å². The number of hydrogen-bond donors (Lipinski definition) is 0. The summed E-state index contributed by atoms with van der Waals surface area (Å²) in [4.78, 5) is 0. The third-order valence-corrected chi connectivity index (χ3v) is 12.7. The molecule has 1 fully saturated rings. The van der Waals surface area contributed by atoms with E-state index in [1.807, 2.05) is 12.1 Å². The molecule has 3 nitrogen and oxygen atoms in total. The van der Waals surface area contributed by atoms with Gasteiger partial charge < -0.3 is 13.9 Å². The summed E-state index contributed by atoms with van der Waals surface area (Å²) in [5.74, 6) is 0.886. The molecule has 154 valence electrons. The van der Waals surface area contributed by atoms with Crippen LogP contribution in [0.5, 0.6) is 5.75 Å². The Morgan fingerprint density at radius 3 is 2.22 bits per heavy atom. The lowest BCUT2D eigenvalue weighted by Crippen LogP contribution is -2.55. The van der Waals surface area contributed by atoms with Gasteiger partial charge in [-0.2, -0.15) is 0 Å². The van der Waals surface area contributed by atoms with Gasteiger partial charge in [-0.25, -0.2) is 0 Å². The minimum atomic E-state index is -1.80. The average molecular weight is 505 g/mol. The van der Waals surface area contributed by atoms with Crippen LogP contribution in [-0.2, 0) is 15.8 Å². The lowest BCUT2D eigenvalue weighted by atomic mass is 9.72. The topological polar surface area (TPSA) is 27.7 Å². The molecule has 0 heterocycles. The number of hydrogen-bond acceptors (Lipinski definition) is 3. The predicted molar refractivity (Wildman–Crippen MR) is 124 cm³/mol. The molecule has 1 aliphatic rings. The van der Waals surface area contributed by atoms with Crippen LogP contribution in [0.3, 0.4) is 0 Å². The van der Waals surface area contributed by atoms with Gasteiger partial charge in [-0.3, -0.25) is 0 Å². The van der Waals surface area contributed by atoms with Crippen molar-refractivity contribution in [2.45, 2.75) is 83.9 Å². The summed E-state index contributed by atoms with van der Waals surface area (Å²) >= 11 is 2.53. The van der Waals surface area contributed by atoms with E-state index in [1.165, 1.54) is 12.0 Å². The second-order valence-corrected chi connectivity index (χ2v) is 15.1. The van der Waals surface area contributed by atoms with E-state index in [9.17, 15) is 0 Å². The first-order valence-corrected chi connectivity index (χ1v) is 14.4. The van der Waals surface area contributed by atoms with Gasteiger partial charge in [0.25, 0.3) is 0 Å². The zero-order valence-electron chi connectivity index (χ0n) is 18.1. The average Bonchev–Trinajstić information content (AvgIpc) is 2.61. The van der Waals surface area contributed by atoms with E-state index in [2.05, 4.69) is 75.5 Å². The molecule has 3 atom stereocenters. The lowest BCUT2D eigenvalue weighted by Gasteiger charge is -2.50. The Balaban J connectivity index is 2.09. The maximum absolute atomic E-state index is 6.90. The SMILES string of the molecule is COc1ccc(CO[C@H]2CCC[C@H](O[Si](C)(C)C(C)(C)C)[C@@]2(C)CI)cc1. The van der Waals surface area contributed by atoms with E-state index in [4.69, 9.17) is 13.9 Å². The third kappa shape index (κ3) is 5.49. The van der Waals surface area contributed by atoms with Crippen LogP contribution >= 0.6 is 22.6 Å².